The summed E-state index contributed by atoms with van der Waals surface area (Å²) >= 11 is 0. The quantitative estimate of drug-likeness (QED) is 0.582. The summed E-state index contributed by atoms with van der Waals surface area (Å²) < 4.78 is 75.9. The molecule has 0 aromatic carbocycles. The molecule has 0 aliphatic carbocycles. The van der Waals surface area contributed by atoms with Crippen LogP contribution < -0.4 is 15.8 Å². The van der Waals surface area contributed by atoms with Crippen LogP contribution in [0.15, 0.2) is 18.3 Å². The first-order valence-corrected chi connectivity index (χ1v) is 8.96. The Bertz CT molecular complexity index is 689. The molecule has 0 radical (unpaired) electrons. The number of anilines is 1. The fourth-order valence-corrected chi connectivity index (χ4v) is 2.16. The van der Waals surface area contributed by atoms with Gasteiger partial charge in [0.2, 0.25) is 11.8 Å². The van der Waals surface area contributed by atoms with Crippen LogP contribution in [0.2, 0.25) is 0 Å². The smallest absolute Gasteiger partial charge is 0.340 e. The third-order valence-corrected chi connectivity index (χ3v) is 3.85. The molecule has 1 aromatic heterocycles. The fourth-order valence-electron chi connectivity index (χ4n) is 1.48. The molecular weight excluding hydrogens is 406 g/mol. The minimum absolute atomic E-state index is 0. The number of hydrogen-bond donors (Lipinski definition) is 2. The molecule has 1 atom stereocenters. The molecule has 1 aromatic rings. The number of hydrogen-bond acceptors (Lipinski definition) is 6. The number of nitrogens with zero attached hydrogens (tertiary/aromatic N) is 1. The molecule has 0 saturated carbocycles. The van der Waals surface area contributed by atoms with Gasteiger partial charge in [-0.25, -0.2) is 22.2 Å². The minimum Gasteiger partial charge on any atom is -0.471 e. The Labute approximate surface area is 153 Å². The molecule has 0 saturated heterocycles. The number of alkyl halides is 4. The SMILES string of the molecule is CS(=O)(=O)CCC(N)C(=O)Nc1ccc(OCC(F)(F)C(F)F)nc1.Cl. The molecule has 7 nitrogen and oxygen atoms in total. The number of rotatable bonds is 9. The lowest BCUT2D eigenvalue weighted by molar-refractivity contribution is -0.148. The number of pyridine rings is 1. The molecule has 1 unspecified atom stereocenters. The van der Waals surface area contributed by atoms with E-state index in [-0.39, 0.29) is 36.1 Å². The average molecular weight is 424 g/mol. The van der Waals surface area contributed by atoms with Crippen LogP contribution >= 0.6 is 12.4 Å². The summed E-state index contributed by atoms with van der Waals surface area (Å²) in [6, 6.07) is 1.26. The van der Waals surface area contributed by atoms with E-state index in [1.54, 1.807) is 0 Å². The summed E-state index contributed by atoms with van der Waals surface area (Å²) in [5.41, 5.74) is 5.70. The monoisotopic (exact) mass is 423 g/mol. The molecule has 0 spiro atoms. The van der Waals surface area contributed by atoms with Gasteiger partial charge in [0.25, 0.3) is 0 Å². The second-order valence-corrected chi connectivity index (χ2v) is 7.51. The van der Waals surface area contributed by atoms with E-state index >= 15 is 0 Å². The van der Waals surface area contributed by atoms with Gasteiger partial charge in [-0.3, -0.25) is 4.79 Å². The maximum Gasteiger partial charge on any atom is 0.340 e. The van der Waals surface area contributed by atoms with Gasteiger partial charge in [-0.15, -0.1) is 12.4 Å². The molecule has 150 valence electrons. The summed E-state index contributed by atoms with van der Waals surface area (Å²) in [5, 5.41) is 2.35. The van der Waals surface area contributed by atoms with E-state index in [0.717, 1.165) is 18.5 Å². The van der Waals surface area contributed by atoms with Gasteiger partial charge in [0.15, 0.2) is 6.61 Å². The number of ether oxygens (including phenoxy) is 1. The van der Waals surface area contributed by atoms with Crippen molar-refractivity contribution in [3.05, 3.63) is 18.3 Å². The lowest BCUT2D eigenvalue weighted by Gasteiger charge is -2.15. The van der Waals surface area contributed by atoms with E-state index in [0.29, 0.717) is 0 Å². The van der Waals surface area contributed by atoms with Crippen LogP contribution in [0.3, 0.4) is 0 Å². The third-order valence-electron chi connectivity index (χ3n) is 2.87. The minimum atomic E-state index is -4.30. The molecule has 3 N–H and O–H groups in total. The lowest BCUT2D eigenvalue weighted by atomic mass is 10.2. The van der Waals surface area contributed by atoms with Crippen molar-refractivity contribution in [3.8, 4) is 5.88 Å². The van der Waals surface area contributed by atoms with Gasteiger partial charge in [-0.05, 0) is 12.5 Å². The zero-order valence-corrected chi connectivity index (χ0v) is 15.1. The number of aromatic nitrogens is 1. The van der Waals surface area contributed by atoms with Gasteiger partial charge in [0.05, 0.1) is 23.7 Å². The van der Waals surface area contributed by atoms with Crippen molar-refractivity contribution in [2.24, 2.45) is 5.73 Å². The summed E-state index contributed by atoms with van der Waals surface area (Å²) in [6.45, 7) is -1.54. The van der Waals surface area contributed by atoms with Gasteiger partial charge in [0, 0.05) is 12.3 Å². The molecule has 1 rings (SSSR count). The number of carbonyl (C=O) groups excluding carboxylic acids is 1. The van der Waals surface area contributed by atoms with E-state index in [9.17, 15) is 30.8 Å². The maximum absolute atomic E-state index is 12.7. The van der Waals surface area contributed by atoms with E-state index in [1.165, 1.54) is 6.07 Å². The van der Waals surface area contributed by atoms with Crippen LogP contribution in [0.25, 0.3) is 0 Å². The Balaban J connectivity index is 0.00000625. The van der Waals surface area contributed by atoms with Gasteiger partial charge >= 0.3 is 12.3 Å². The normalized spacial score (nSPS) is 13.0. The van der Waals surface area contributed by atoms with Crippen LogP contribution in [0.5, 0.6) is 5.88 Å². The van der Waals surface area contributed by atoms with Crippen molar-refractivity contribution >= 4 is 33.8 Å². The van der Waals surface area contributed by atoms with E-state index in [2.05, 4.69) is 15.0 Å². The summed E-state index contributed by atoms with van der Waals surface area (Å²) in [5.74, 6) is -5.56. The highest BCUT2D eigenvalue weighted by atomic mass is 35.5. The third kappa shape index (κ3) is 8.63. The Morgan fingerprint density at radius 3 is 2.46 bits per heavy atom. The highest BCUT2D eigenvalue weighted by molar-refractivity contribution is 7.90. The second-order valence-electron chi connectivity index (χ2n) is 5.25. The van der Waals surface area contributed by atoms with Gasteiger partial charge in [-0.2, -0.15) is 8.78 Å². The Kier molecular flexibility index (Phi) is 9.25. The van der Waals surface area contributed by atoms with Gasteiger partial charge < -0.3 is 15.8 Å². The first-order valence-electron chi connectivity index (χ1n) is 6.90. The Hall–Kier alpha value is -1.66. The molecule has 1 amide bonds. The molecule has 13 heteroatoms. The van der Waals surface area contributed by atoms with E-state index < -0.39 is 40.7 Å². The molecule has 0 bridgehead atoms. The van der Waals surface area contributed by atoms with Crippen LogP contribution in [-0.2, 0) is 14.6 Å². The van der Waals surface area contributed by atoms with Crippen molar-refractivity contribution in [2.75, 3.05) is 23.9 Å². The first-order chi connectivity index (χ1) is 11.4. The number of amides is 1. The highest BCUT2D eigenvalue weighted by Gasteiger charge is 2.41. The Morgan fingerprint density at radius 2 is 2.00 bits per heavy atom. The van der Waals surface area contributed by atoms with Crippen molar-refractivity contribution in [1.29, 1.82) is 0 Å². The largest absolute Gasteiger partial charge is 0.471 e. The topological polar surface area (TPSA) is 111 Å². The van der Waals surface area contributed by atoms with Crippen molar-refractivity contribution in [1.82, 2.24) is 4.98 Å². The van der Waals surface area contributed by atoms with Gasteiger partial charge in [-0.1, -0.05) is 0 Å². The zero-order chi connectivity index (χ0) is 19.3. The molecule has 0 aliphatic rings. The van der Waals surface area contributed by atoms with Crippen molar-refractivity contribution < 1.29 is 35.5 Å². The molecule has 0 aliphatic heterocycles. The summed E-state index contributed by atoms with van der Waals surface area (Å²) in [4.78, 5) is 15.4. The number of halogens is 5. The van der Waals surface area contributed by atoms with E-state index in [4.69, 9.17) is 5.73 Å². The standard InChI is InChI=1S/C13H17F4N3O4S.ClH/c1-25(22,23)5-4-9(18)11(21)20-8-2-3-10(19-6-8)24-7-13(16,17)12(14)15;/h2-3,6,9,12H,4-5,7,18H2,1H3,(H,20,21);1H. The highest BCUT2D eigenvalue weighted by Crippen LogP contribution is 2.24. The fraction of sp³-hybridized carbons (Fsp3) is 0.538. The van der Waals surface area contributed by atoms with Crippen molar-refractivity contribution in [3.63, 3.8) is 0 Å². The molecule has 26 heavy (non-hydrogen) atoms. The number of nitrogens with one attached hydrogen (secondary N) is 1. The first kappa shape index (κ1) is 24.3. The Morgan fingerprint density at radius 1 is 1.38 bits per heavy atom. The van der Waals surface area contributed by atoms with Crippen LogP contribution in [-0.4, -0.2) is 56.3 Å². The number of sulfone groups is 1. The number of carbonyl (C=O) groups is 1. The van der Waals surface area contributed by atoms with Crippen LogP contribution in [0.1, 0.15) is 6.42 Å². The second kappa shape index (κ2) is 9.88. The van der Waals surface area contributed by atoms with Gasteiger partial charge in [0.1, 0.15) is 9.84 Å². The predicted molar refractivity (Wildman–Crippen MR) is 88.9 cm³/mol. The summed E-state index contributed by atoms with van der Waals surface area (Å²) in [7, 11) is -3.26. The average Bonchev–Trinajstić information content (AvgIpc) is 2.51. The van der Waals surface area contributed by atoms with Crippen LogP contribution in [0, 0.1) is 0 Å². The zero-order valence-electron chi connectivity index (χ0n) is 13.5. The maximum atomic E-state index is 12.7. The number of nitrogens with two attached hydrogens (primary N) is 1. The lowest BCUT2D eigenvalue weighted by Crippen LogP contribution is -2.37. The molecule has 0 fully saturated rings. The van der Waals surface area contributed by atoms with Crippen molar-refractivity contribution in [2.45, 2.75) is 24.8 Å². The molecule has 1 heterocycles. The van der Waals surface area contributed by atoms with Crippen LogP contribution in [0.4, 0.5) is 23.2 Å². The predicted octanol–water partition coefficient (Wildman–Crippen LogP) is 1.48. The summed E-state index contributed by atoms with van der Waals surface area (Å²) in [6.07, 6.45) is -1.88. The van der Waals surface area contributed by atoms with E-state index in [1.807, 2.05) is 0 Å². The molecular formula is C13H18ClF4N3O4S.